The van der Waals surface area contributed by atoms with E-state index in [4.69, 9.17) is 0 Å². The largest absolute Gasteiger partial charge is 0.371 e. The molecular formula is C22H33N5. The minimum absolute atomic E-state index is 0.643. The Labute approximate surface area is 163 Å². The summed E-state index contributed by atoms with van der Waals surface area (Å²) in [6.07, 6.45) is 8.24. The van der Waals surface area contributed by atoms with Gasteiger partial charge in [-0.2, -0.15) is 0 Å². The molecule has 146 valence electrons. The van der Waals surface area contributed by atoms with Crippen molar-refractivity contribution >= 4 is 5.69 Å². The van der Waals surface area contributed by atoms with E-state index in [9.17, 15) is 0 Å². The number of nitrogens with zero attached hydrogens (tertiary/aromatic N) is 4. The molecule has 0 spiro atoms. The van der Waals surface area contributed by atoms with Gasteiger partial charge in [-0.3, -0.25) is 0 Å². The molecule has 0 unspecified atom stereocenters. The van der Waals surface area contributed by atoms with E-state index in [0.717, 1.165) is 26.1 Å². The van der Waals surface area contributed by atoms with Crippen LogP contribution in [0.4, 0.5) is 5.69 Å². The summed E-state index contributed by atoms with van der Waals surface area (Å²) < 4.78 is 2.41. The lowest BCUT2D eigenvalue weighted by Gasteiger charge is -2.37. The molecule has 3 heterocycles. The lowest BCUT2D eigenvalue weighted by Crippen LogP contribution is -2.42. The van der Waals surface area contributed by atoms with Crippen molar-refractivity contribution in [3.05, 3.63) is 47.5 Å². The van der Waals surface area contributed by atoms with E-state index in [1.54, 1.807) is 0 Å². The fourth-order valence-corrected chi connectivity index (χ4v) is 4.53. The number of para-hydroxylation sites is 1. The van der Waals surface area contributed by atoms with E-state index in [0.29, 0.717) is 6.04 Å². The van der Waals surface area contributed by atoms with Crippen LogP contribution in [0.5, 0.6) is 0 Å². The minimum atomic E-state index is 0.643. The van der Waals surface area contributed by atoms with Crippen LogP contribution in [0.15, 0.2) is 30.5 Å². The first-order valence-electron chi connectivity index (χ1n) is 10.5. The fourth-order valence-electron chi connectivity index (χ4n) is 4.53. The molecular weight excluding hydrogens is 334 g/mol. The smallest absolute Gasteiger partial charge is 0.108 e. The molecule has 1 aromatic carbocycles. The van der Waals surface area contributed by atoms with Gasteiger partial charge < -0.3 is 19.7 Å². The van der Waals surface area contributed by atoms with E-state index >= 15 is 0 Å². The van der Waals surface area contributed by atoms with Crippen molar-refractivity contribution in [1.82, 2.24) is 19.8 Å². The molecule has 5 heteroatoms. The van der Waals surface area contributed by atoms with Crippen LogP contribution in [0.3, 0.4) is 0 Å². The van der Waals surface area contributed by atoms with Crippen LogP contribution >= 0.6 is 0 Å². The summed E-state index contributed by atoms with van der Waals surface area (Å²) in [6.45, 7) is 5.30. The zero-order valence-corrected chi connectivity index (χ0v) is 16.8. The first-order valence-corrected chi connectivity index (χ1v) is 10.5. The van der Waals surface area contributed by atoms with Gasteiger partial charge in [-0.25, -0.2) is 4.98 Å². The quantitative estimate of drug-likeness (QED) is 0.851. The normalized spacial score (nSPS) is 18.4. The highest BCUT2D eigenvalue weighted by Gasteiger charge is 2.22. The summed E-state index contributed by atoms with van der Waals surface area (Å²) >= 11 is 0. The summed E-state index contributed by atoms with van der Waals surface area (Å²) in [5.41, 5.74) is 4.08. The number of aryl methyl sites for hydroxylation is 1. The number of anilines is 1. The van der Waals surface area contributed by atoms with Crippen LogP contribution in [0.25, 0.3) is 0 Å². The number of hydrogen-bond acceptors (Lipinski definition) is 4. The van der Waals surface area contributed by atoms with Crippen molar-refractivity contribution in [1.29, 1.82) is 0 Å². The molecule has 1 fully saturated rings. The zero-order chi connectivity index (χ0) is 18.6. The second kappa shape index (κ2) is 8.44. The Hall–Kier alpha value is -1.85. The minimum Gasteiger partial charge on any atom is -0.371 e. The summed E-state index contributed by atoms with van der Waals surface area (Å²) in [6, 6.07) is 9.50. The Morgan fingerprint density at radius 2 is 1.93 bits per heavy atom. The molecule has 27 heavy (non-hydrogen) atoms. The number of imidazole rings is 1. The molecule has 4 rings (SSSR count). The third-order valence-electron chi connectivity index (χ3n) is 6.28. The van der Waals surface area contributed by atoms with Crippen molar-refractivity contribution in [2.24, 2.45) is 0 Å². The molecule has 1 saturated heterocycles. The third kappa shape index (κ3) is 4.19. The van der Waals surface area contributed by atoms with Gasteiger partial charge in [0, 0.05) is 51.0 Å². The van der Waals surface area contributed by atoms with E-state index in [2.05, 4.69) is 69.2 Å². The Balaban J connectivity index is 1.39. The highest BCUT2D eigenvalue weighted by molar-refractivity contribution is 5.54. The maximum absolute atomic E-state index is 4.61. The third-order valence-corrected chi connectivity index (χ3v) is 6.28. The van der Waals surface area contributed by atoms with E-state index < -0.39 is 0 Å². The second-order valence-corrected chi connectivity index (χ2v) is 8.15. The van der Waals surface area contributed by atoms with Crippen LogP contribution in [-0.2, 0) is 26.1 Å². The average molecular weight is 368 g/mol. The Bertz CT molecular complexity index is 745. The van der Waals surface area contributed by atoms with Crippen LogP contribution in [-0.4, -0.2) is 47.7 Å². The number of nitrogens with one attached hydrogen (secondary N) is 1. The lowest BCUT2D eigenvalue weighted by molar-refractivity contribution is 0.252. The number of likely N-dealkylation sites (tertiary alicyclic amines) is 1. The fraction of sp³-hybridized carbons (Fsp3) is 0.591. The number of piperidine rings is 1. The van der Waals surface area contributed by atoms with Crippen molar-refractivity contribution in [2.75, 3.05) is 32.1 Å². The summed E-state index contributed by atoms with van der Waals surface area (Å²) in [7, 11) is 4.49. The van der Waals surface area contributed by atoms with Gasteiger partial charge in [0.1, 0.15) is 5.82 Å². The molecule has 0 atom stereocenters. The van der Waals surface area contributed by atoms with Crippen LogP contribution < -0.4 is 10.2 Å². The van der Waals surface area contributed by atoms with Crippen molar-refractivity contribution < 1.29 is 0 Å². The van der Waals surface area contributed by atoms with Crippen molar-refractivity contribution in [3.8, 4) is 0 Å². The molecule has 2 aliphatic rings. The molecule has 5 nitrogen and oxygen atoms in total. The molecule has 0 aliphatic carbocycles. The number of hydrogen-bond donors (Lipinski definition) is 1. The van der Waals surface area contributed by atoms with Crippen molar-refractivity contribution in [2.45, 2.75) is 57.8 Å². The second-order valence-electron chi connectivity index (χ2n) is 8.15. The molecule has 2 aliphatic heterocycles. The molecule has 0 bridgehead atoms. The predicted octanol–water partition coefficient (Wildman–Crippen LogP) is 3.04. The summed E-state index contributed by atoms with van der Waals surface area (Å²) in [4.78, 5) is 9.55. The SMILES string of the molecule is CN1CCC(N(C)c2ccccc2CNCc2cnc3n2CCCC3)CC1. The van der Waals surface area contributed by atoms with Crippen molar-refractivity contribution in [3.63, 3.8) is 0 Å². The Morgan fingerprint density at radius 3 is 2.78 bits per heavy atom. The molecule has 2 aromatic rings. The first-order chi connectivity index (χ1) is 13.2. The van der Waals surface area contributed by atoms with Gasteiger partial charge in [-0.15, -0.1) is 0 Å². The number of benzene rings is 1. The number of aromatic nitrogens is 2. The topological polar surface area (TPSA) is 36.3 Å². The van der Waals surface area contributed by atoms with Crippen LogP contribution in [0.1, 0.15) is 42.8 Å². The number of fused-ring (bicyclic) bond motifs is 1. The van der Waals surface area contributed by atoms with E-state index in [1.165, 1.54) is 61.5 Å². The first kappa shape index (κ1) is 18.5. The van der Waals surface area contributed by atoms with Gasteiger partial charge in [-0.05, 0) is 57.5 Å². The summed E-state index contributed by atoms with van der Waals surface area (Å²) in [5, 5.41) is 3.66. The molecule has 0 radical (unpaired) electrons. The molecule has 1 N–H and O–H groups in total. The average Bonchev–Trinajstić information content (AvgIpc) is 3.12. The summed E-state index contributed by atoms with van der Waals surface area (Å²) in [5.74, 6) is 1.26. The van der Waals surface area contributed by atoms with Gasteiger partial charge >= 0.3 is 0 Å². The zero-order valence-electron chi connectivity index (χ0n) is 16.8. The Morgan fingerprint density at radius 1 is 1.11 bits per heavy atom. The molecule has 1 aromatic heterocycles. The Kier molecular flexibility index (Phi) is 5.79. The predicted molar refractivity (Wildman–Crippen MR) is 111 cm³/mol. The van der Waals surface area contributed by atoms with E-state index in [-0.39, 0.29) is 0 Å². The van der Waals surface area contributed by atoms with Gasteiger partial charge in [0.15, 0.2) is 0 Å². The maximum Gasteiger partial charge on any atom is 0.108 e. The van der Waals surface area contributed by atoms with E-state index in [1.807, 2.05) is 0 Å². The van der Waals surface area contributed by atoms with Gasteiger partial charge in [0.2, 0.25) is 0 Å². The van der Waals surface area contributed by atoms with Crippen LogP contribution in [0.2, 0.25) is 0 Å². The monoisotopic (exact) mass is 367 g/mol. The van der Waals surface area contributed by atoms with Crippen LogP contribution in [0, 0.1) is 0 Å². The highest BCUT2D eigenvalue weighted by atomic mass is 15.2. The molecule has 0 saturated carbocycles. The standard InChI is InChI=1S/C22H33N5/c1-25-13-10-19(11-14-25)26(2)21-8-4-3-7-18(21)15-23-16-20-17-24-22-9-5-6-12-27(20)22/h3-4,7-8,17,19,23H,5-6,9-16H2,1-2H3. The van der Waals surface area contributed by atoms with Gasteiger partial charge in [0.25, 0.3) is 0 Å². The number of rotatable bonds is 6. The maximum atomic E-state index is 4.61. The van der Waals surface area contributed by atoms with Gasteiger partial charge in [0.05, 0.1) is 5.69 Å². The molecule has 0 amide bonds. The van der Waals surface area contributed by atoms with Gasteiger partial charge in [-0.1, -0.05) is 18.2 Å². The highest BCUT2D eigenvalue weighted by Crippen LogP contribution is 2.25. The lowest BCUT2D eigenvalue weighted by atomic mass is 10.0.